The first kappa shape index (κ1) is 20.0. The number of rotatable bonds is 6. The SMILES string of the molecule is Cc1cccc(C(=O)Nc2c(C(=O)NCCC3=CCCCC3)[nH]c3ccccc23)c1. The van der Waals surface area contributed by atoms with Gasteiger partial charge in [0.2, 0.25) is 0 Å². The third-order valence-electron chi connectivity index (χ3n) is 5.57. The number of amides is 2. The van der Waals surface area contributed by atoms with Crippen molar-refractivity contribution in [3.63, 3.8) is 0 Å². The minimum atomic E-state index is -0.232. The maximum absolute atomic E-state index is 12.9. The minimum absolute atomic E-state index is 0.206. The van der Waals surface area contributed by atoms with Gasteiger partial charge in [0, 0.05) is 23.0 Å². The number of hydrogen-bond acceptors (Lipinski definition) is 2. The molecule has 1 aliphatic rings. The number of carbonyl (C=O) groups is 2. The maximum Gasteiger partial charge on any atom is 0.269 e. The fraction of sp³-hybridized carbons (Fsp3) is 0.280. The van der Waals surface area contributed by atoms with Crippen LogP contribution in [-0.2, 0) is 0 Å². The zero-order chi connectivity index (χ0) is 20.9. The average molecular weight is 402 g/mol. The number of H-pyrrole nitrogens is 1. The van der Waals surface area contributed by atoms with Crippen molar-refractivity contribution < 1.29 is 9.59 Å². The fourth-order valence-corrected chi connectivity index (χ4v) is 3.97. The van der Waals surface area contributed by atoms with E-state index >= 15 is 0 Å². The van der Waals surface area contributed by atoms with E-state index in [0.29, 0.717) is 23.5 Å². The number of para-hydroxylation sites is 1. The van der Waals surface area contributed by atoms with E-state index in [4.69, 9.17) is 0 Å². The summed E-state index contributed by atoms with van der Waals surface area (Å²) in [6.07, 6.45) is 7.93. The highest BCUT2D eigenvalue weighted by Gasteiger charge is 2.20. The summed E-state index contributed by atoms with van der Waals surface area (Å²) in [6, 6.07) is 15.0. The van der Waals surface area contributed by atoms with Gasteiger partial charge >= 0.3 is 0 Å². The number of carbonyl (C=O) groups excluding carboxylic acids is 2. The summed E-state index contributed by atoms with van der Waals surface area (Å²) in [4.78, 5) is 29.0. The highest BCUT2D eigenvalue weighted by atomic mass is 16.2. The van der Waals surface area contributed by atoms with Crippen molar-refractivity contribution in [2.45, 2.75) is 39.0 Å². The Morgan fingerprint density at radius 3 is 2.70 bits per heavy atom. The predicted octanol–water partition coefficient (Wildman–Crippen LogP) is 5.35. The van der Waals surface area contributed by atoms with Crippen LogP contribution in [0.3, 0.4) is 0 Å². The molecule has 2 aromatic carbocycles. The largest absolute Gasteiger partial charge is 0.350 e. The third-order valence-corrected chi connectivity index (χ3v) is 5.57. The number of hydrogen-bond donors (Lipinski definition) is 3. The van der Waals surface area contributed by atoms with E-state index in [1.165, 1.54) is 18.4 Å². The quantitative estimate of drug-likeness (QED) is 0.487. The van der Waals surface area contributed by atoms with Crippen LogP contribution in [0, 0.1) is 6.92 Å². The number of benzene rings is 2. The van der Waals surface area contributed by atoms with Gasteiger partial charge in [-0.05, 0) is 57.2 Å². The molecule has 5 heteroatoms. The predicted molar refractivity (Wildman–Crippen MR) is 121 cm³/mol. The van der Waals surface area contributed by atoms with Crippen molar-refractivity contribution in [3.8, 4) is 0 Å². The molecule has 0 unspecified atom stereocenters. The van der Waals surface area contributed by atoms with Gasteiger partial charge in [0.1, 0.15) is 5.69 Å². The van der Waals surface area contributed by atoms with Gasteiger partial charge in [0.05, 0.1) is 5.69 Å². The van der Waals surface area contributed by atoms with Gasteiger partial charge in [-0.25, -0.2) is 0 Å². The molecule has 154 valence electrons. The Hall–Kier alpha value is -3.34. The summed E-state index contributed by atoms with van der Waals surface area (Å²) < 4.78 is 0. The molecule has 2 amide bonds. The number of anilines is 1. The summed E-state index contributed by atoms with van der Waals surface area (Å²) in [6.45, 7) is 2.54. The first-order chi connectivity index (χ1) is 14.6. The number of allylic oxidation sites excluding steroid dienone is 1. The molecule has 0 aliphatic heterocycles. The number of aryl methyl sites for hydroxylation is 1. The normalized spacial score (nSPS) is 13.7. The van der Waals surface area contributed by atoms with E-state index in [0.717, 1.165) is 35.7 Å². The summed E-state index contributed by atoms with van der Waals surface area (Å²) >= 11 is 0. The molecule has 5 nitrogen and oxygen atoms in total. The molecular weight excluding hydrogens is 374 g/mol. The third kappa shape index (κ3) is 4.46. The summed E-state index contributed by atoms with van der Waals surface area (Å²) in [5.74, 6) is -0.438. The van der Waals surface area contributed by atoms with Crippen molar-refractivity contribution in [1.82, 2.24) is 10.3 Å². The van der Waals surface area contributed by atoms with Gasteiger partial charge in [0.15, 0.2) is 0 Å². The van der Waals surface area contributed by atoms with Crippen molar-refractivity contribution in [1.29, 1.82) is 0 Å². The lowest BCUT2D eigenvalue weighted by molar-refractivity contribution is 0.0951. The molecule has 4 rings (SSSR count). The van der Waals surface area contributed by atoms with Gasteiger partial charge in [-0.3, -0.25) is 9.59 Å². The Bertz CT molecular complexity index is 1110. The van der Waals surface area contributed by atoms with Crippen LogP contribution in [0.15, 0.2) is 60.2 Å². The molecule has 3 N–H and O–H groups in total. The Morgan fingerprint density at radius 2 is 1.90 bits per heavy atom. The lowest BCUT2D eigenvalue weighted by atomic mass is 9.97. The van der Waals surface area contributed by atoms with Crippen LogP contribution in [0.4, 0.5) is 5.69 Å². The van der Waals surface area contributed by atoms with Crippen molar-refractivity contribution in [3.05, 3.63) is 77.0 Å². The molecule has 0 spiro atoms. The van der Waals surface area contributed by atoms with Crippen molar-refractivity contribution in [2.24, 2.45) is 0 Å². The van der Waals surface area contributed by atoms with E-state index in [1.54, 1.807) is 6.07 Å². The molecule has 0 atom stereocenters. The Balaban J connectivity index is 1.54. The molecule has 0 radical (unpaired) electrons. The van der Waals surface area contributed by atoms with Crippen molar-refractivity contribution >= 4 is 28.4 Å². The molecule has 0 fully saturated rings. The number of aromatic nitrogens is 1. The van der Waals surface area contributed by atoms with Gasteiger partial charge in [0.25, 0.3) is 11.8 Å². The van der Waals surface area contributed by atoms with Crippen LogP contribution < -0.4 is 10.6 Å². The van der Waals surface area contributed by atoms with E-state index in [-0.39, 0.29) is 11.8 Å². The molecule has 1 aromatic heterocycles. The number of nitrogens with one attached hydrogen (secondary N) is 3. The zero-order valence-electron chi connectivity index (χ0n) is 17.3. The molecule has 3 aromatic rings. The Kier molecular flexibility index (Phi) is 5.98. The van der Waals surface area contributed by atoms with Gasteiger partial charge < -0.3 is 15.6 Å². The first-order valence-corrected chi connectivity index (χ1v) is 10.6. The fourth-order valence-electron chi connectivity index (χ4n) is 3.97. The van der Waals surface area contributed by atoms with Gasteiger partial charge in [-0.2, -0.15) is 0 Å². The zero-order valence-corrected chi connectivity index (χ0v) is 17.3. The summed E-state index contributed by atoms with van der Waals surface area (Å²) in [5, 5.41) is 6.78. The van der Waals surface area contributed by atoms with Gasteiger partial charge in [-0.15, -0.1) is 0 Å². The highest BCUT2D eigenvalue weighted by Crippen LogP contribution is 2.28. The topological polar surface area (TPSA) is 74.0 Å². The van der Waals surface area contributed by atoms with E-state index in [2.05, 4.69) is 21.7 Å². The molecule has 0 saturated carbocycles. The van der Waals surface area contributed by atoms with Crippen LogP contribution in [0.1, 0.15) is 58.5 Å². The second-order valence-corrected chi connectivity index (χ2v) is 7.86. The van der Waals surface area contributed by atoms with Crippen LogP contribution in [-0.4, -0.2) is 23.3 Å². The summed E-state index contributed by atoms with van der Waals surface area (Å²) in [5.41, 5.74) is 4.72. The number of aromatic amines is 1. The monoisotopic (exact) mass is 401 g/mol. The average Bonchev–Trinajstić information content (AvgIpc) is 3.13. The van der Waals surface area contributed by atoms with E-state index in [1.807, 2.05) is 49.4 Å². The lowest BCUT2D eigenvalue weighted by Crippen LogP contribution is -2.26. The molecular formula is C25H27N3O2. The van der Waals surface area contributed by atoms with Gasteiger partial charge in [-0.1, -0.05) is 47.5 Å². The van der Waals surface area contributed by atoms with Crippen molar-refractivity contribution in [2.75, 3.05) is 11.9 Å². The molecule has 1 heterocycles. The molecule has 0 bridgehead atoms. The molecule has 1 aliphatic carbocycles. The smallest absolute Gasteiger partial charge is 0.269 e. The van der Waals surface area contributed by atoms with E-state index in [9.17, 15) is 9.59 Å². The Labute approximate surface area is 176 Å². The molecule has 0 saturated heterocycles. The highest BCUT2D eigenvalue weighted by molar-refractivity contribution is 6.15. The number of fused-ring (bicyclic) bond motifs is 1. The van der Waals surface area contributed by atoms with E-state index < -0.39 is 0 Å². The standard InChI is InChI=1S/C25H27N3O2/c1-17-8-7-11-19(16-17)24(29)28-22-20-12-5-6-13-21(20)27-23(22)25(30)26-15-14-18-9-3-2-4-10-18/h5-9,11-13,16,27H,2-4,10,14-15H2,1H3,(H,26,30)(H,28,29). The minimum Gasteiger partial charge on any atom is -0.350 e. The first-order valence-electron chi connectivity index (χ1n) is 10.6. The Morgan fingerprint density at radius 1 is 1.03 bits per heavy atom. The summed E-state index contributed by atoms with van der Waals surface area (Å²) in [7, 11) is 0. The van der Waals surface area contributed by atoms with Crippen LogP contribution in [0.2, 0.25) is 0 Å². The van der Waals surface area contributed by atoms with Crippen LogP contribution in [0.25, 0.3) is 10.9 Å². The van der Waals surface area contributed by atoms with Crippen LogP contribution in [0.5, 0.6) is 0 Å². The molecule has 30 heavy (non-hydrogen) atoms. The second-order valence-electron chi connectivity index (χ2n) is 7.86. The lowest BCUT2D eigenvalue weighted by Gasteiger charge is -2.13. The second kappa shape index (κ2) is 8.99. The maximum atomic E-state index is 12.9. The van der Waals surface area contributed by atoms with Crippen LogP contribution >= 0.6 is 0 Å².